The van der Waals surface area contributed by atoms with Gasteiger partial charge in [0.1, 0.15) is 5.76 Å². The number of aryl methyl sites for hydroxylation is 2. The lowest BCUT2D eigenvalue weighted by molar-refractivity contribution is -0.0121. The SMILES string of the molecule is C=CC(=C)OC(c1cc(C)c(C)s1)N(CC)CC. The van der Waals surface area contributed by atoms with Crippen molar-refractivity contribution in [1.82, 2.24) is 4.90 Å². The van der Waals surface area contributed by atoms with Gasteiger partial charge in [-0.1, -0.05) is 27.0 Å². The van der Waals surface area contributed by atoms with Crippen LogP contribution in [0.3, 0.4) is 0 Å². The van der Waals surface area contributed by atoms with Gasteiger partial charge in [-0.05, 0) is 44.6 Å². The Labute approximate surface area is 115 Å². The van der Waals surface area contributed by atoms with E-state index in [-0.39, 0.29) is 6.23 Å². The number of rotatable bonds is 7. The highest BCUT2D eigenvalue weighted by molar-refractivity contribution is 7.12. The molecule has 2 nitrogen and oxygen atoms in total. The third-order valence-electron chi connectivity index (χ3n) is 3.06. The van der Waals surface area contributed by atoms with Gasteiger partial charge in [-0.3, -0.25) is 4.90 Å². The van der Waals surface area contributed by atoms with Gasteiger partial charge in [-0.15, -0.1) is 11.3 Å². The molecule has 0 saturated heterocycles. The molecule has 0 aliphatic rings. The third kappa shape index (κ3) is 3.47. The predicted molar refractivity (Wildman–Crippen MR) is 79.9 cm³/mol. The van der Waals surface area contributed by atoms with Crippen LogP contribution < -0.4 is 0 Å². The molecular weight excluding hydrogens is 242 g/mol. The summed E-state index contributed by atoms with van der Waals surface area (Å²) < 4.78 is 5.92. The smallest absolute Gasteiger partial charge is 0.188 e. The molecule has 3 heteroatoms. The molecule has 1 heterocycles. The molecule has 1 unspecified atom stereocenters. The monoisotopic (exact) mass is 265 g/mol. The molecule has 0 spiro atoms. The minimum Gasteiger partial charge on any atom is -0.471 e. The zero-order valence-electron chi connectivity index (χ0n) is 11.8. The largest absolute Gasteiger partial charge is 0.471 e. The van der Waals surface area contributed by atoms with Gasteiger partial charge in [-0.2, -0.15) is 0 Å². The second kappa shape index (κ2) is 6.76. The van der Waals surface area contributed by atoms with Crippen molar-refractivity contribution in [3.63, 3.8) is 0 Å². The molecule has 1 aromatic heterocycles. The number of allylic oxidation sites excluding steroid dienone is 1. The Morgan fingerprint density at radius 2 is 2.06 bits per heavy atom. The summed E-state index contributed by atoms with van der Waals surface area (Å²) in [5.74, 6) is 0.621. The topological polar surface area (TPSA) is 12.5 Å². The summed E-state index contributed by atoms with van der Waals surface area (Å²) in [6, 6.07) is 2.21. The highest BCUT2D eigenvalue weighted by Gasteiger charge is 2.22. The van der Waals surface area contributed by atoms with Crippen molar-refractivity contribution in [2.75, 3.05) is 13.1 Å². The Balaban J connectivity index is 3.02. The fraction of sp³-hybridized carbons (Fsp3) is 0.467. The summed E-state index contributed by atoms with van der Waals surface area (Å²) in [7, 11) is 0. The Morgan fingerprint density at radius 3 is 2.44 bits per heavy atom. The summed E-state index contributed by atoms with van der Waals surface area (Å²) in [4.78, 5) is 4.85. The van der Waals surface area contributed by atoms with E-state index in [2.05, 4.69) is 51.8 Å². The number of hydrogen-bond donors (Lipinski definition) is 0. The van der Waals surface area contributed by atoms with E-state index < -0.39 is 0 Å². The molecule has 0 aliphatic carbocycles. The number of hydrogen-bond acceptors (Lipinski definition) is 3. The van der Waals surface area contributed by atoms with E-state index in [1.807, 2.05) is 0 Å². The molecule has 0 saturated carbocycles. The van der Waals surface area contributed by atoms with Crippen LogP contribution in [0, 0.1) is 13.8 Å². The van der Waals surface area contributed by atoms with Gasteiger partial charge in [0, 0.05) is 4.88 Å². The van der Waals surface area contributed by atoms with Gasteiger partial charge >= 0.3 is 0 Å². The van der Waals surface area contributed by atoms with Crippen LogP contribution in [-0.2, 0) is 4.74 Å². The molecule has 0 aromatic carbocycles. The quantitative estimate of drug-likeness (QED) is 0.411. The molecule has 18 heavy (non-hydrogen) atoms. The minimum absolute atomic E-state index is 0.0529. The molecular formula is C15H23NOS. The standard InChI is InChI=1S/C15H23NOS/c1-7-12(5)17-15(16(8-2)9-3)14-10-11(4)13(6)18-14/h7,10,15H,1,5,8-9H2,2-4,6H3. The highest BCUT2D eigenvalue weighted by atomic mass is 32.1. The van der Waals surface area contributed by atoms with Gasteiger partial charge in [0.25, 0.3) is 0 Å². The second-order valence-corrected chi connectivity index (χ2v) is 5.54. The molecule has 0 radical (unpaired) electrons. The molecule has 0 amide bonds. The van der Waals surface area contributed by atoms with Crippen LogP contribution in [0.15, 0.2) is 31.1 Å². The molecule has 100 valence electrons. The number of nitrogens with zero attached hydrogens (tertiary/aromatic N) is 1. The van der Waals surface area contributed by atoms with Gasteiger partial charge < -0.3 is 4.74 Å². The highest BCUT2D eigenvalue weighted by Crippen LogP contribution is 2.32. The van der Waals surface area contributed by atoms with Crippen LogP contribution in [0.25, 0.3) is 0 Å². The van der Waals surface area contributed by atoms with E-state index in [4.69, 9.17) is 4.74 Å². The molecule has 0 aliphatic heterocycles. The maximum atomic E-state index is 5.92. The Kier molecular flexibility index (Phi) is 5.63. The minimum atomic E-state index is -0.0529. The zero-order chi connectivity index (χ0) is 13.7. The number of thiophene rings is 1. The van der Waals surface area contributed by atoms with Crippen LogP contribution >= 0.6 is 11.3 Å². The summed E-state index contributed by atoms with van der Waals surface area (Å²) in [6.45, 7) is 18.0. The summed E-state index contributed by atoms with van der Waals surface area (Å²) in [5.41, 5.74) is 1.32. The first kappa shape index (κ1) is 15.0. The second-order valence-electron chi connectivity index (χ2n) is 4.25. The predicted octanol–water partition coefficient (Wildman–Crippen LogP) is 4.42. The van der Waals surface area contributed by atoms with Crippen molar-refractivity contribution in [3.05, 3.63) is 46.4 Å². The van der Waals surface area contributed by atoms with Crippen LogP contribution in [0.2, 0.25) is 0 Å². The van der Waals surface area contributed by atoms with E-state index >= 15 is 0 Å². The summed E-state index contributed by atoms with van der Waals surface area (Å²) in [6.07, 6.45) is 1.60. The van der Waals surface area contributed by atoms with Crippen molar-refractivity contribution in [2.24, 2.45) is 0 Å². The molecule has 1 aromatic rings. The van der Waals surface area contributed by atoms with Crippen LogP contribution in [-0.4, -0.2) is 18.0 Å². The van der Waals surface area contributed by atoms with E-state index in [0.717, 1.165) is 13.1 Å². The molecule has 0 bridgehead atoms. The van der Waals surface area contributed by atoms with E-state index in [1.54, 1.807) is 17.4 Å². The first-order chi connectivity index (χ1) is 8.53. The van der Waals surface area contributed by atoms with Gasteiger partial charge in [0.15, 0.2) is 6.23 Å². The van der Waals surface area contributed by atoms with Gasteiger partial charge in [0.05, 0.1) is 4.88 Å². The third-order valence-corrected chi connectivity index (χ3v) is 4.25. The van der Waals surface area contributed by atoms with Crippen molar-refractivity contribution >= 4 is 11.3 Å². The maximum absolute atomic E-state index is 5.92. The molecule has 0 fully saturated rings. The van der Waals surface area contributed by atoms with E-state index in [0.29, 0.717) is 5.76 Å². The van der Waals surface area contributed by atoms with Gasteiger partial charge in [-0.25, -0.2) is 0 Å². The van der Waals surface area contributed by atoms with Crippen LogP contribution in [0.5, 0.6) is 0 Å². The average Bonchev–Trinajstić information content (AvgIpc) is 2.69. The molecule has 1 atom stereocenters. The maximum Gasteiger partial charge on any atom is 0.188 e. The van der Waals surface area contributed by atoms with Crippen LogP contribution in [0.1, 0.15) is 35.4 Å². The first-order valence-corrected chi connectivity index (χ1v) is 7.14. The fourth-order valence-corrected chi connectivity index (χ4v) is 2.89. The Hall–Kier alpha value is -1.06. The van der Waals surface area contributed by atoms with Crippen molar-refractivity contribution in [2.45, 2.75) is 33.9 Å². The average molecular weight is 265 g/mol. The zero-order valence-corrected chi connectivity index (χ0v) is 12.6. The Bertz CT molecular complexity index is 399. The first-order valence-electron chi connectivity index (χ1n) is 6.32. The van der Waals surface area contributed by atoms with Crippen LogP contribution in [0.4, 0.5) is 0 Å². The summed E-state index contributed by atoms with van der Waals surface area (Å²) >= 11 is 1.79. The lowest BCUT2D eigenvalue weighted by Gasteiger charge is -2.29. The van der Waals surface area contributed by atoms with Crippen molar-refractivity contribution < 1.29 is 4.74 Å². The lowest BCUT2D eigenvalue weighted by atomic mass is 10.2. The van der Waals surface area contributed by atoms with Crippen molar-refractivity contribution in [1.29, 1.82) is 0 Å². The normalized spacial score (nSPS) is 12.5. The number of ether oxygens (including phenoxy) is 1. The van der Waals surface area contributed by atoms with Gasteiger partial charge in [0.2, 0.25) is 0 Å². The lowest BCUT2D eigenvalue weighted by Crippen LogP contribution is -2.29. The van der Waals surface area contributed by atoms with Crippen molar-refractivity contribution in [3.8, 4) is 0 Å². The fourth-order valence-electron chi connectivity index (χ4n) is 1.78. The van der Waals surface area contributed by atoms with E-state index in [9.17, 15) is 0 Å². The molecule has 0 N–H and O–H groups in total. The molecule has 1 rings (SSSR count). The Morgan fingerprint density at radius 1 is 1.44 bits per heavy atom. The summed E-state index contributed by atoms with van der Waals surface area (Å²) in [5, 5.41) is 0. The van der Waals surface area contributed by atoms with E-state index in [1.165, 1.54) is 15.3 Å².